The number of benzene rings is 2. The summed E-state index contributed by atoms with van der Waals surface area (Å²) in [7, 11) is 3.82. The average molecular weight is 490 g/mol. The number of ether oxygens (including phenoxy) is 2. The summed E-state index contributed by atoms with van der Waals surface area (Å²) in [6, 6.07) is 11.9. The summed E-state index contributed by atoms with van der Waals surface area (Å²) >= 11 is 0. The summed E-state index contributed by atoms with van der Waals surface area (Å²) < 4.78 is 11.6. The maximum Gasteiger partial charge on any atom is 0.257 e. The second-order valence-electron chi connectivity index (χ2n) is 9.80. The van der Waals surface area contributed by atoms with Crippen molar-refractivity contribution >= 4 is 17.6 Å². The Kier molecular flexibility index (Phi) is 6.96. The molecule has 8 nitrogen and oxygen atoms in total. The number of methoxy groups -OCH3 is 1. The Morgan fingerprint density at radius 1 is 1.14 bits per heavy atom. The molecular weight excluding hydrogens is 454 g/mol. The second-order valence-corrected chi connectivity index (χ2v) is 9.80. The van der Waals surface area contributed by atoms with Gasteiger partial charge in [-0.1, -0.05) is 12.1 Å². The number of fused-ring (bicyclic) bond motifs is 3. The lowest BCUT2D eigenvalue weighted by molar-refractivity contribution is 0.0972. The van der Waals surface area contributed by atoms with Gasteiger partial charge in [-0.2, -0.15) is 0 Å². The van der Waals surface area contributed by atoms with Crippen molar-refractivity contribution in [2.75, 3.05) is 46.9 Å². The SMILES string of the molecule is CCOc1cc2c(cc1OC)C(c1ccc(C(=O)NC(=N)N3CCCC3)cc1)=N[C@H]1CCN(C)C[C@@H]21. The Bertz CT molecular complexity index is 1170. The third-order valence-electron chi connectivity index (χ3n) is 7.44. The summed E-state index contributed by atoms with van der Waals surface area (Å²) in [5.74, 6) is 1.68. The molecule has 1 amide bonds. The van der Waals surface area contributed by atoms with Crippen LogP contribution >= 0.6 is 0 Å². The van der Waals surface area contributed by atoms with Crippen LogP contribution in [0.2, 0.25) is 0 Å². The van der Waals surface area contributed by atoms with Crippen LogP contribution < -0.4 is 14.8 Å². The number of likely N-dealkylation sites (tertiary alicyclic amines) is 2. The normalized spacial score (nSPS) is 21.3. The number of aliphatic imine (C=N–C) groups is 1. The monoisotopic (exact) mass is 489 g/mol. The van der Waals surface area contributed by atoms with Crippen LogP contribution in [0.4, 0.5) is 0 Å². The number of likely N-dealkylation sites (N-methyl/N-ethyl adjacent to an activating group) is 1. The number of hydrogen-bond acceptors (Lipinski definition) is 6. The van der Waals surface area contributed by atoms with Crippen molar-refractivity contribution in [2.24, 2.45) is 4.99 Å². The molecule has 0 aliphatic carbocycles. The number of guanidine groups is 1. The highest BCUT2D eigenvalue weighted by molar-refractivity contribution is 6.15. The Balaban J connectivity index is 1.45. The molecule has 5 rings (SSSR count). The van der Waals surface area contributed by atoms with Gasteiger partial charge in [0, 0.05) is 42.2 Å². The first-order valence-electron chi connectivity index (χ1n) is 12.8. The van der Waals surface area contributed by atoms with Gasteiger partial charge in [-0.15, -0.1) is 0 Å². The molecule has 3 aliphatic heterocycles. The number of amides is 1. The molecule has 8 heteroatoms. The van der Waals surface area contributed by atoms with E-state index in [4.69, 9.17) is 19.9 Å². The van der Waals surface area contributed by atoms with Crippen LogP contribution in [0.25, 0.3) is 0 Å². The van der Waals surface area contributed by atoms with Crippen molar-refractivity contribution in [1.82, 2.24) is 15.1 Å². The molecule has 2 aromatic rings. The van der Waals surface area contributed by atoms with Gasteiger partial charge in [-0.25, -0.2) is 0 Å². The van der Waals surface area contributed by atoms with Crippen LogP contribution in [-0.2, 0) is 0 Å². The fourth-order valence-corrected chi connectivity index (χ4v) is 5.52. The van der Waals surface area contributed by atoms with Gasteiger partial charge in [0.15, 0.2) is 17.5 Å². The summed E-state index contributed by atoms with van der Waals surface area (Å²) in [5.41, 5.74) is 4.71. The number of nitrogens with one attached hydrogen (secondary N) is 2. The third-order valence-corrected chi connectivity index (χ3v) is 7.44. The average Bonchev–Trinajstić information content (AvgIpc) is 3.44. The second kappa shape index (κ2) is 10.3. The Morgan fingerprint density at radius 3 is 2.58 bits per heavy atom. The van der Waals surface area contributed by atoms with Gasteiger partial charge >= 0.3 is 0 Å². The van der Waals surface area contributed by atoms with Crippen LogP contribution in [0.5, 0.6) is 11.5 Å². The lowest BCUT2D eigenvalue weighted by atomic mass is 9.79. The Labute approximate surface area is 212 Å². The van der Waals surface area contributed by atoms with E-state index in [-0.39, 0.29) is 17.9 Å². The highest BCUT2D eigenvalue weighted by Gasteiger charge is 2.36. The van der Waals surface area contributed by atoms with E-state index in [0.29, 0.717) is 23.8 Å². The molecule has 3 heterocycles. The lowest BCUT2D eigenvalue weighted by Gasteiger charge is -2.39. The predicted octanol–water partition coefficient (Wildman–Crippen LogP) is 3.49. The first kappa shape index (κ1) is 24.3. The molecule has 0 spiro atoms. The van der Waals surface area contributed by atoms with Crippen LogP contribution in [0, 0.1) is 5.41 Å². The van der Waals surface area contributed by atoms with Gasteiger partial charge in [0.05, 0.1) is 25.5 Å². The lowest BCUT2D eigenvalue weighted by Crippen LogP contribution is -2.42. The first-order valence-corrected chi connectivity index (χ1v) is 12.8. The number of nitrogens with zero attached hydrogens (tertiary/aromatic N) is 3. The fourth-order valence-electron chi connectivity index (χ4n) is 5.52. The molecule has 2 aromatic carbocycles. The van der Waals surface area contributed by atoms with Gasteiger partial charge < -0.3 is 19.3 Å². The smallest absolute Gasteiger partial charge is 0.257 e. The molecule has 0 bridgehead atoms. The predicted molar refractivity (Wildman–Crippen MR) is 141 cm³/mol. The van der Waals surface area contributed by atoms with E-state index in [9.17, 15) is 4.79 Å². The Morgan fingerprint density at radius 2 is 1.89 bits per heavy atom. The molecular formula is C28H35N5O3. The minimum atomic E-state index is -0.261. The zero-order chi connectivity index (χ0) is 25.2. The molecule has 2 atom stereocenters. The molecule has 190 valence electrons. The molecule has 2 saturated heterocycles. The molecule has 0 aromatic heterocycles. The highest BCUT2D eigenvalue weighted by atomic mass is 16.5. The van der Waals surface area contributed by atoms with Crippen LogP contribution in [-0.4, -0.2) is 80.4 Å². The molecule has 36 heavy (non-hydrogen) atoms. The number of hydrogen-bond donors (Lipinski definition) is 2. The van der Waals surface area contributed by atoms with Crippen molar-refractivity contribution in [2.45, 2.75) is 38.1 Å². The van der Waals surface area contributed by atoms with Crippen molar-refractivity contribution < 1.29 is 14.3 Å². The summed E-state index contributed by atoms with van der Waals surface area (Å²) in [6.45, 7) is 6.17. The Hall–Kier alpha value is -3.39. The van der Waals surface area contributed by atoms with E-state index < -0.39 is 0 Å². The maximum atomic E-state index is 12.8. The molecule has 2 N–H and O–H groups in total. The largest absolute Gasteiger partial charge is 0.493 e. The van der Waals surface area contributed by atoms with Crippen LogP contribution in [0.3, 0.4) is 0 Å². The number of carbonyl (C=O) groups excluding carboxylic acids is 1. The van der Waals surface area contributed by atoms with E-state index in [1.54, 1.807) is 7.11 Å². The number of carbonyl (C=O) groups is 1. The van der Waals surface area contributed by atoms with Crippen molar-refractivity contribution in [3.63, 3.8) is 0 Å². The van der Waals surface area contributed by atoms with Gasteiger partial charge in [-0.3, -0.25) is 20.5 Å². The summed E-state index contributed by atoms with van der Waals surface area (Å²) in [4.78, 5) is 22.3. The van der Waals surface area contributed by atoms with E-state index in [1.165, 1.54) is 5.56 Å². The minimum absolute atomic E-state index is 0.178. The van der Waals surface area contributed by atoms with Crippen LogP contribution in [0.1, 0.15) is 59.2 Å². The minimum Gasteiger partial charge on any atom is -0.493 e. The van der Waals surface area contributed by atoms with Gasteiger partial charge in [0.2, 0.25) is 0 Å². The molecule has 0 unspecified atom stereocenters. The number of piperidine rings is 1. The first-order chi connectivity index (χ1) is 17.5. The van der Waals surface area contributed by atoms with Crippen molar-refractivity contribution in [1.29, 1.82) is 5.41 Å². The summed E-state index contributed by atoms with van der Waals surface area (Å²) in [6.07, 6.45) is 3.12. The van der Waals surface area contributed by atoms with E-state index in [0.717, 1.165) is 68.0 Å². The van der Waals surface area contributed by atoms with Gasteiger partial charge in [0.1, 0.15) is 0 Å². The zero-order valence-electron chi connectivity index (χ0n) is 21.3. The maximum absolute atomic E-state index is 12.8. The van der Waals surface area contributed by atoms with Gasteiger partial charge in [0.25, 0.3) is 5.91 Å². The van der Waals surface area contributed by atoms with Crippen molar-refractivity contribution in [3.8, 4) is 11.5 Å². The van der Waals surface area contributed by atoms with Gasteiger partial charge in [-0.05, 0) is 69.6 Å². The quantitative estimate of drug-likeness (QED) is 0.496. The third kappa shape index (κ3) is 4.69. The summed E-state index contributed by atoms with van der Waals surface area (Å²) in [5, 5.41) is 10.9. The zero-order valence-corrected chi connectivity index (χ0v) is 21.3. The van der Waals surface area contributed by atoms with E-state index >= 15 is 0 Å². The molecule has 0 radical (unpaired) electrons. The standard InChI is InChI=1S/C28H35N5O3/c1-4-36-25-15-20-21(16-24(25)35-3)26(30-23-11-14-32(2)17-22(20)23)18-7-9-19(10-8-18)27(34)31-28(29)33-12-5-6-13-33/h7-10,15-16,22-23H,4-6,11-14,17H2,1-3H3,(H2,29,31,34)/t22-,23-/m0/s1. The van der Waals surface area contributed by atoms with E-state index in [2.05, 4.69) is 23.3 Å². The molecule has 3 aliphatic rings. The van der Waals surface area contributed by atoms with E-state index in [1.807, 2.05) is 42.2 Å². The fraction of sp³-hybridized carbons (Fsp3) is 0.464. The number of rotatable bonds is 5. The molecule has 0 saturated carbocycles. The highest BCUT2D eigenvalue weighted by Crippen LogP contribution is 2.42. The molecule has 2 fully saturated rings. The van der Waals surface area contributed by atoms with Crippen molar-refractivity contribution in [3.05, 3.63) is 58.7 Å². The topological polar surface area (TPSA) is 90.2 Å². The van der Waals surface area contributed by atoms with Crippen LogP contribution in [0.15, 0.2) is 41.4 Å².